The number of halogens is 2. The van der Waals surface area contributed by atoms with E-state index < -0.39 is 11.9 Å². The Hall–Kier alpha value is -1.26. The quantitative estimate of drug-likeness (QED) is 0.907. The number of hydrogen-bond acceptors (Lipinski definition) is 2. The summed E-state index contributed by atoms with van der Waals surface area (Å²) in [5.41, 5.74) is 0.193. The normalized spacial score (nSPS) is 9.94. The van der Waals surface area contributed by atoms with Gasteiger partial charge in [-0.15, -0.1) is 0 Å². The molecule has 86 valence electrons. The summed E-state index contributed by atoms with van der Waals surface area (Å²) < 4.78 is 0. The van der Waals surface area contributed by atoms with E-state index in [0.29, 0.717) is 5.02 Å². The third-order valence-corrected chi connectivity index (χ3v) is 2.44. The van der Waals surface area contributed by atoms with Crippen LogP contribution < -0.4 is 0 Å². The summed E-state index contributed by atoms with van der Waals surface area (Å²) in [6.07, 6.45) is 0. The molecule has 1 rings (SSSR count). The fourth-order valence-electron chi connectivity index (χ4n) is 1.14. The number of amides is 1. The zero-order chi connectivity index (χ0) is 12.3. The van der Waals surface area contributed by atoms with Crippen LogP contribution in [0.2, 0.25) is 10.0 Å². The summed E-state index contributed by atoms with van der Waals surface area (Å²) in [5.74, 6) is -1.57. The third-order valence-electron chi connectivity index (χ3n) is 1.88. The number of likely N-dealkylation sites (N-methyl/N-ethyl adjacent to an activating group) is 1. The van der Waals surface area contributed by atoms with Gasteiger partial charge in [-0.05, 0) is 18.2 Å². The van der Waals surface area contributed by atoms with Gasteiger partial charge >= 0.3 is 5.97 Å². The molecule has 0 atom stereocenters. The van der Waals surface area contributed by atoms with Crippen LogP contribution in [0.1, 0.15) is 10.4 Å². The van der Waals surface area contributed by atoms with Crippen LogP contribution in [0.25, 0.3) is 0 Å². The Balaban J connectivity index is 2.95. The van der Waals surface area contributed by atoms with Gasteiger partial charge in [0.25, 0.3) is 5.91 Å². The van der Waals surface area contributed by atoms with Gasteiger partial charge in [-0.25, -0.2) is 0 Å². The van der Waals surface area contributed by atoms with Crippen molar-refractivity contribution in [2.24, 2.45) is 0 Å². The zero-order valence-corrected chi connectivity index (χ0v) is 9.92. The highest BCUT2D eigenvalue weighted by Gasteiger charge is 2.17. The van der Waals surface area contributed by atoms with Crippen molar-refractivity contribution in [3.05, 3.63) is 33.8 Å². The van der Waals surface area contributed by atoms with Crippen molar-refractivity contribution in [3.8, 4) is 0 Å². The van der Waals surface area contributed by atoms with E-state index in [4.69, 9.17) is 28.3 Å². The monoisotopic (exact) mass is 261 g/mol. The Labute approximate surface area is 102 Å². The summed E-state index contributed by atoms with van der Waals surface area (Å²) in [6, 6.07) is 4.45. The average Bonchev–Trinajstić information content (AvgIpc) is 2.19. The Kier molecular flexibility index (Phi) is 4.15. The van der Waals surface area contributed by atoms with Gasteiger partial charge in [-0.2, -0.15) is 0 Å². The van der Waals surface area contributed by atoms with E-state index >= 15 is 0 Å². The topological polar surface area (TPSA) is 57.6 Å². The molecule has 6 heteroatoms. The summed E-state index contributed by atoms with van der Waals surface area (Å²) in [7, 11) is 1.38. The van der Waals surface area contributed by atoms with Crippen LogP contribution in [-0.4, -0.2) is 35.5 Å². The highest BCUT2D eigenvalue weighted by atomic mass is 35.5. The SMILES string of the molecule is CN(CC(=O)O)C(=O)c1cc(Cl)ccc1Cl. The van der Waals surface area contributed by atoms with Gasteiger partial charge < -0.3 is 10.0 Å². The lowest BCUT2D eigenvalue weighted by atomic mass is 10.2. The number of carboxylic acid groups (broad SMARTS) is 1. The number of rotatable bonds is 3. The minimum atomic E-state index is -1.09. The molecule has 0 saturated heterocycles. The van der Waals surface area contributed by atoms with Crippen molar-refractivity contribution < 1.29 is 14.7 Å². The number of nitrogens with zero attached hydrogens (tertiary/aromatic N) is 1. The fourth-order valence-corrected chi connectivity index (χ4v) is 1.51. The molecule has 1 N–H and O–H groups in total. The van der Waals surface area contributed by atoms with Crippen LogP contribution in [0.5, 0.6) is 0 Å². The van der Waals surface area contributed by atoms with Crippen molar-refractivity contribution in [1.29, 1.82) is 0 Å². The third kappa shape index (κ3) is 3.12. The number of benzene rings is 1. The highest BCUT2D eigenvalue weighted by Crippen LogP contribution is 2.21. The fraction of sp³-hybridized carbons (Fsp3) is 0.200. The standard InChI is InChI=1S/C10H9Cl2NO3/c1-13(5-9(14)15)10(16)7-4-6(11)2-3-8(7)12/h2-4H,5H2,1H3,(H,14,15). The molecule has 16 heavy (non-hydrogen) atoms. The van der Waals surface area contributed by atoms with Crippen LogP contribution in [0.4, 0.5) is 0 Å². The second kappa shape index (κ2) is 5.18. The van der Waals surface area contributed by atoms with Gasteiger partial charge in [0.05, 0.1) is 10.6 Å². The molecule has 0 fully saturated rings. The maximum absolute atomic E-state index is 11.8. The van der Waals surface area contributed by atoms with Crippen LogP contribution in [-0.2, 0) is 4.79 Å². The predicted octanol–water partition coefficient (Wildman–Crippen LogP) is 2.15. The lowest BCUT2D eigenvalue weighted by molar-refractivity contribution is -0.137. The first kappa shape index (κ1) is 12.8. The molecule has 0 radical (unpaired) electrons. The van der Waals surface area contributed by atoms with Crippen molar-refractivity contribution in [2.45, 2.75) is 0 Å². The average molecular weight is 262 g/mol. The summed E-state index contributed by atoms with van der Waals surface area (Å²) in [6.45, 7) is -0.387. The Morgan fingerprint density at radius 1 is 1.38 bits per heavy atom. The number of aliphatic carboxylic acids is 1. The first-order chi connectivity index (χ1) is 7.41. The molecule has 1 amide bonds. The Morgan fingerprint density at radius 2 is 2.00 bits per heavy atom. The van der Waals surface area contributed by atoms with E-state index in [0.717, 1.165) is 4.90 Å². The highest BCUT2D eigenvalue weighted by molar-refractivity contribution is 6.35. The maximum atomic E-state index is 11.8. The maximum Gasteiger partial charge on any atom is 0.323 e. The molecule has 0 aliphatic carbocycles. The predicted molar refractivity (Wildman–Crippen MR) is 61.1 cm³/mol. The van der Waals surface area contributed by atoms with Gasteiger partial charge in [-0.3, -0.25) is 9.59 Å². The van der Waals surface area contributed by atoms with Crippen molar-refractivity contribution in [3.63, 3.8) is 0 Å². The first-order valence-corrected chi connectivity index (χ1v) is 5.09. The van der Waals surface area contributed by atoms with Gasteiger partial charge in [0, 0.05) is 12.1 Å². The molecular formula is C10H9Cl2NO3. The minimum Gasteiger partial charge on any atom is -0.480 e. The lowest BCUT2D eigenvalue weighted by Crippen LogP contribution is -2.32. The Morgan fingerprint density at radius 3 is 2.56 bits per heavy atom. The van der Waals surface area contributed by atoms with E-state index in [1.807, 2.05) is 0 Å². The van der Waals surface area contributed by atoms with E-state index in [1.165, 1.54) is 19.2 Å². The number of carboxylic acids is 1. The molecule has 0 aromatic heterocycles. The molecule has 4 nitrogen and oxygen atoms in total. The first-order valence-electron chi connectivity index (χ1n) is 4.34. The number of carbonyl (C=O) groups is 2. The molecule has 1 aromatic carbocycles. The second-order valence-corrected chi connectivity index (χ2v) is 4.02. The zero-order valence-electron chi connectivity index (χ0n) is 8.41. The summed E-state index contributed by atoms with van der Waals surface area (Å²) in [5, 5.41) is 9.16. The smallest absolute Gasteiger partial charge is 0.323 e. The molecule has 0 aliphatic rings. The molecular weight excluding hydrogens is 253 g/mol. The van der Waals surface area contributed by atoms with Gasteiger partial charge in [-0.1, -0.05) is 23.2 Å². The molecule has 0 bridgehead atoms. The second-order valence-electron chi connectivity index (χ2n) is 3.18. The lowest BCUT2D eigenvalue weighted by Gasteiger charge is -2.15. The number of carbonyl (C=O) groups excluding carboxylic acids is 1. The van der Waals surface area contributed by atoms with Crippen LogP contribution in [0, 0.1) is 0 Å². The van der Waals surface area contributed by atoms with Gasteiger partial charge in [0.15, 0.2) is 0 Å². The van der Waals surface area contributed by atoms with Crippen molar-refractivity contribution >= 4 is 35.1 Å². The van der Waals surface area contributed by atoms with E-state index in [2.05, 4.69) is 0 Å². The van der Waals surface area contributed by atoms with Gasteiger partial charge in [0.1, 0.15) is 6.54 Å². The van der Waals surface area contributed by atoms with Crippen molar-refractivity contribution in [1.82, 2.24) is 4.90 Å². The van der Waals surface area contributed by atoms with E-state index in [9.17, 15) is 9.59 Å². The van der Waals surface area contributed by atoms with Crippen LogP contribution in [0.15, 0.2) is 18.2 Å². The van der Waals surface area contributed by atoms with Crippen molar-refractivity contribution in [2.75, 3.05) is 13.6 Å². The Bertz CT molecular complexity index is 434. The van der Waals surface area contributed by atoms with Crippen LogP contribution in [0.3, 0.4) is 0 Å². The molecule has 0 aliphatic heterocycles. The molecule has 0 spiro atoms. The summed E-state index contributed by atoms with van der Waals surface area (Å²) in [4.78, 5) is 23.3. The van der Waals surface area contributed by atoms with Crippen LogP contribution >= 0.6 is 23.2 Å². The van der Waals surface area contributed by atoms with E-state index in [-0.39, 0.29) is 17.1 Å². The molecule has 0 saturated carbocycles. The minimum absolute atomic E-state index is 0.193. The molecule has 0 unspecified atom stereocenters. The molecule has 1 aromatic rings. The summed E-state index contributed by atoms with van der Waals surface area (Å²) >= 11 is 11.5. The number of hydrogen-bond donors (Lipinski definition) is 1. The molecule has 0 heterocycles. The van der Waals surface area contributed by atoms with E-state index in [1.54, 1.807) is 6.07 Å². The largest absolute Gasteiger partial charge is 0.480 e. The van der Waals surface area contributed by atoms with Gasteiger partial charge in [0.2, 0.25) is 0 Å².